The molecule has 9 nitrogen and oxygen atoms in total. The molecule has 0 unspecified atom stereocenters. The van der Waals surface area contributed by atoms with Crippen molar-refractivity contribution in [3.05, 3.63) is 69.0 Å². The van der Waals surface area contributed by atoms with Crippen LogP contribution in [0.3, 0.4) is 0 Å². The fourth-order valence-corrected chi connectivity index (χ4v) is 6.25. The van der Waals surface area contributed by atoms with E-state index in [4.69, 9.17) is 26.7 Å². The smallest absolute Gasteiger partial charge is 0.267 e. The molecule has 1 amide bonds. The Morgan fingerprint density at radius 1 is 1.07 bits per heavy atom. The first-order chi connectivity index (χ1) is 19.4. The first-order valence-corrected chi connectivity index (χ1v) is 14.6. The SMILES string of the molecule is CCOCCCN1C(=O)/C(=C/c2c(N3CCN(c4ccccc4OC)CC3)nc3ccc(C)cn3c2=O)SC1=S. The van der Waals surface area contributed by atoms with Gasteiger partial charge in [-0.15, -0.1) is 0 Å². The topological polar surface area (TPSA) is 79.6 Å². The van der Waals surface area contributed by atoms with Crippen molar-refractivity contribution in [1.29, 1.82) is 0 Å². The second-order valence-electron chi connectivity index (χ2n) is 9.62. The van der Waals surface area contributed by atoms with Crippen molar-refractivity contribution >= 4 is 57.4 Å². The molecular weight excluding hydrogens is 546 g/mol. The number of ether oxygens (including phenoxy) is 2. The van der Waals surface area contributed by atoms with Crippen molar-refractivity contribution < 1.29 is 14.3 Å². The van der Waals surface area contributed by atoms with Gasteiger partial charge in [0.25, 0.3) is 11.5 Å². The molecule has 0 atom stereocenters. The van der Waals surface area contributed by atoms with Gasteiger partial charge in [-0.25, -0.2) is 4.98 Å². The molecule has 3 aromatic rings. The summed E-state index contributed by atoms with van der Waals surface area (Å²) in [5, 5.41) is 0. The Morgan fingerprint density at radius 2 is 1.82 bits per heavy atom. The van der Waals surface area contributed by atoms with Gasteiger partial charge >= 0.3 is 0 Å². The maximum Gasteiger partial charge on any atom is 0.267 e. The number of rotatable bonds is 9. The lowest BCUT2D eigenvalue weighted by atomic mass is 10.2. The first kappa shape index (κ1) is 28.1. The number of fused-ring (bicyclic) bond motifs is 1. The number of thioether (sulfide) groups is 1. The van der Waals surface area contributed by atoms with E-state index in [2.05, 4.69) is 15.9 Å². The second kappa shape index (κ2) is 12.4. The van der Waals surface area contributed by atoms with Gasteiger partial charge in [-0.05, 0) is 50.1 Å². The quantitative estimate of drug-likeness (QED) is 0.213. The average Bonchev–Trinajstić information content (AvgIpc) is 3.24. The monoisotopic (exact) mass is 579 g/mol. The highest BCUT2D eigenvalue weighted by atomic mass is 32.2. The molecule has 0 N–H and O–H groups in total. The van der Waals surface area contributed by atoms with Crippen molar-refractivity contribution in [2.24, 2.45) is 0 Å². The van der Waals surface area contributed by atoms with Gasteiger partial charge in [0, 0.05) is 52.1 Å². The lowest BCUT2D eigenvalue weighted by molar-refractivity contribution is -0.122. The van der Waals surface area contributed by atoms with Crippen LogP contribution in [-0.4, -0.2) is 77.6 Å². The summed E-state index contributed by atoms with van der Waals surface area (Å²) in [6.07, 6.45) is 4.15. The molecule has 2 aliphatic rings. The highest BCUT2D eigenvalue weighted by Crippen LogP contribution is 2.34. The Morgan fingerprint density at radius 3 is 2.58 bits per heavy atom. The number of para-hydroxylation sites is 2. The molecule has 0 aliphatic carbocycles. The fraction of sp³-hybridized carbons (Fsp3) is 0.379. The highest BCUT2D eigenvalue weighted by Gasteiger charge is 2.33. The number of benzene rings is 1. The molecule has 0 radical (unpaired) electrons. The van der Waals surface area contributed by atoms with Crippen molar-refractivity contribution in [3.63, 3.8) is 0 Å². The minimum absolute atomic E-state index is 0.188. The van der Waals surface area contributed by atoms with Crippen LogP contribution in [0.25, 0.3) is 11.7 Å². The number of anilines is 2. The lowest BCUT2D eigenvalue weighted by Gasteiger charge is -2.37. The van der Waals surface area contributed by atoms with E-state index in [1.807, 2.05) is 44.2 Å². The van der Waals surface area contributed by atoms with Crippen molar-refractivity contribution in [3.8, 4) is 5.75 Å². The predicted molar refractivity (Wildman–Crippen MR) is 165 cm³/mol. The largest absolute Gasteiger partial charge is 0.495 e. The standard InChI is InChI=1S/C29H33N5O4S2/c1-4-38-17-7-12-33-28(36)24(40-29(33)39)18-21-26(30-25-11-10-20(2)19-34(25)27(21)35)32-15-13-31(14-16-32)22-8-5-6-9-23(22)37-3/h5-6,8-11,18-19H,4,7,12-17H2,1-3H3/b24-18-. The zero-order chi connectivity index (χ0) is 28.2. The Balaban J connectivity index is 1.47. The number of hydrogen-bond acceptors (Lipinski definition) is 9. The van der Waals surface area contributed by atoms with Crippen LogP contribution in [0.1, 0.15) is 24.5 Å². The van der Waals surface area contributed by atoms with Crippen molar-refractivity contribution in [2.45, 2.75) is 20.3 Å². The number of piperazine rings is 1. The van der Waals surface area contributed by atoms with Crippen LogP contribution in [-0.2, 0) is 9.53 Å². The fourth-order valence-electron chi connectivity index (χ4n) is 4.96. The van der Waals surface area contributed by atoms with E-state index in [0.29, 0.717) is 65.5 Å². The van der Waals surface area contributed by atoms with Crippen LogP contribution in [0.5, 0.6) is 5.75 Å². The third-order valence-electron chi connectivity index (χ3n) is 7.01. The molecule has 11 heteroatoms. The molecule has 0 bridgehead atoms. The van der Waals surface area contributed by atoms with E-state index in [1.165, 1.54) is 11.8 Å². The van der Waals surface area contributed by atoms with Gasteiger partial charge in [-0.2, -0.15) is 0 Å². The van der Waals surface area contributed by atoms with Gasteiger partial charge in [0.15, 0.2) is 0 Å². The van der Waals surface area contributed by atoms with Crippen LogP contribution in [0.15, 0.2) is 52.3 Å². The zero-order valence-corrected chi connectivity index (χ0v) is 24.6. The van der Waals surface area contributed by atoms with Gasteiger partial charge < -0.3 is 19.3 Å². The number of aryl methyl sites for hydroxylation is 1. The molecule has 2 aromatic heterocycles. The van der Waals surface area contributed by atoms with Gasteiger partial charge in [-0.1, -0.05) is 42.2 Å². The predicted octanol–water partition coefficient (Wildman–Crippen LogP) is 3.97. The molecule has 2 aliphatic heterocycles. The van der Waals surface area contributed by atoms with Crippen LogP contribution in [0, 0.1) is 6.92 Å². The van der Waals surface area contributed by atoms with Crippen molar-refractivity contribution in [1.82, 2.24) is 14.3 Å². The lowest BCUT2D eigenvalue weighted by Crippen LogP contribution is -2.47. The Bertz CT molecular complexity index is 1510. The molecule has 40 heavy (non-hydrogen) atoms. The minimum atomic E-state index is -0.211. The molecule has 1 aromatic carbocycles. The van der Waals surface area contributed by atoms with Crippen LogP contribution in [0.4, 0.5) is 11.5 Å². The normalized spacial score (nSPS) is 17.0. The maximum absolute atomic E-state index is 13.9. The second-order valence-corrected chi connectivity index (χ2v) is 11.3. The molecule has 0 saturated carbocycles. The van der Waals surface area contributed by atoms with E-state index in [0.717, 1.165) is 30.1 Å². The Kier molecular flexibility index (Phi) is 8.72. The highest BCUT2D eigenvalue weighted by molar-refractivity contribution is 8.26. The van der Waals surface area contributed by atoms with E-state index in [9.17, 15) is 9.59 Å². The summed E-state index contributed by atoms with van der Waals surface area (Å²) in [4.78, 5) is 38.5. The molecule has 0 spiro atoms. The Hall–Kier alpha value is -3.41. The van der Waals surface area contributed by atoms with Crippen LogP contribution < -0.4 is 20.1 Å². The molecule has 210 valence electrons. The third kappa shape index (κ3) is 5.72. The van der Waals surface area contributed by atoms with Gasteiger partial charge in [-0.3, -0.25) is 18.9 Å². The number of pyridine rings is 1. The number of methoxy groups -OCH3 is 1. The number of carbonyl (C=O) groups is 1. The number of carbonyl (C=O) groups excluding carboxylic acids is 1. The van der Waals surface area contributed by atoms with Gasteiger partial charge in [0.1, 0.15) is 21.5 Å². The van der Waals surface area contributed by atoms with Crippen LogP contribution in [0.2, 0.25) is 0 Å². The summed E-state index contributed by atoms with van der Waals surface area (Å²) in [7, 11) is 1.68. The molecule has 2 saturated heterocycles. The number of hydrogen-bond donors (Lipinski definition) is 0. The molecular formula is C29H33N5O4S2. The summed E-state index contributed by atoms with van der Waals surface area (Å²) in [5.74, 6) is 1.22. The summed E-state index contributed by atoms with van der Waals surface area (Å²) < 4.78 is 13.0. The van der Waals surface area contributed by atoms with E-state index in [1.54, 1.807) is 28.7 Å². The molecule has 5 rings (SSSR count). The summed E-state index contributed by atoms with van der Waals surface area (Å²) in [6, 6.07) is 11.8. The zero-order valence-electron chi connectivity index (χ0n) is 23.0. The Labute approximate surface area is 243 Å². The van der Waals surface area contributed by atoms with E-state index >= 15 is 0 Å². The third-order valence-corrected chi connectivity index (χ3v) is 8.39. The van der Waals surface area contributed by atoms with Gasteiger partial charge in [0.2, 0.25) is 0 Å². The summed E-state index contributed by atoms with van der Waals surface area (Å²) >= 11 is 6.74. The first-order valence-electron chi connectivity index (χ1n) is 13.4. The van der Waals surface area contributed by atoms with Gasteiger partial charge in [0.05, 0.1) is 23.3 Å². The number of thiocarbonyl (C=S) groups is 1. The minimum Gasteiger partial charge on any atom is -0.495 e. The van der Waals surface area contributed by atoms with Crippen LogP contribution >= 0.6 is 24.0 Å². The summed E-state index contributed by atoms with van der Waals surface area (Å²) in [5.41, 5.74) is 2.74. The van der Waals surface area contributed by atoms with E-state index < -0.39 is 0 Å². The number of nitrogens with zero attached hydrogens (tertiary/aromatic N) is 5. The molecule has 2 fully saturated rings. The number of amides is 1. The summed E-state index contributed by atoms with van der Waals surface area (Å²) in [6.45, 7) is 8.33. The molecule has 4 heterocycles. The number of aromatic nitrogens is 2. The maximum atomic E-state index is 13.9. The van der Waals surface area contributed by atoms with E-state index in [-0.39, 0.29) is 11.5 Å². The average molecular weight is 580 g/mol. The van der Waals surface area contributed by atoms with Crippen molar-refractivity contribution in [2.75, 3.05) is 62.8 Å².